The predicted molar refractivity (Wildman–Crippen MR) is 70.8 cm³/mol. The van der Waals surface area contributed by atoms with Gasteiger partial charge < -0.3 is 5.73 Å². The maximum atomic E-state index is 13.0. The molecule has 2 nitrogen and oxygen atoms in total. The van der Waals surface area contributed by atoms with Crippen LogP contribution in [0.15, 0.2) is 53.4 Å². The maximum absolute atomic E-state index is 13.0. The van der Waals surface area contributed by atoms with E-state index >= 15 is 0 Å². The second-order valence-corrected chi connectivity index (χ2v) is 5.42. The Balaban J connectivity index is 2.11. The van der Waals surface area contributed by atoms with Crippen molar-refractivity contribution in [1.82, 2.24) is 0 Å². The summed E-state index contributed by atoms with van der Waals surface area (Å²) in [6, 6.07) is 13.5. The Labute approximate surface area is 108 Å². The second kappa shape index (κ2) is 5.89. The van der Waals surface area contributed by atoms with Crippen molar-refractivity contribution < 1.29 is 8.60 Å². The minimum atomic E-state index is -1.22. The topological polar surface area (TPSA) is 43.1 Å². The van der Waals surface area contributed by atoms with Crippen LogP contribution in [0.5, 0.6) is 0 Å². The number of halogens is 1. The molecule has 0 aromatic heterocycles. The van der Waals surface area contributed by atoms with Crippen LogP contribution in [-0.4, -0.2) is 4.21 Å². The van der Waals surface area contributed by atoms with Gasteiger partial charge in [0.1, 0.15) is 5.82 Å². The van der Waals surface area contributed by atoms with Crippen LogP contribution in [0.1, 0.15) is 11.1 Å². The van der Waals surface area contributed by atoms with Crippen LogP contribution in [0.25, 0.3) is 0 Å². The van der Waals surface area contributed by atoms with Crippen LogP contribution in [0, 0.1) is 5.82 Å². The fraction of sp³-hybridized carbons (Fsp3) is 0.143. The summed E-state index contributed by atoms with van der Waals surface area (Å²) in [5.74, 6) is 0.0215. The quantitative estimate of drug-likeness (QED) is 0.921. The average molecular weight is 263 g/mol. The summed E-state index contributed by atoms with van der Waals surface area (Å²) in [6.45, 7) is 0.493. The maximum Gasteiger partial charge on any atom is 0.124 e. The van der Waals surface area contributed by atoms with Gasteiger partial charge in [-0.3, -0.25) is 4.21 Å². The Bertz CT molecular complexity index is 554. The van der Waals surface area contributed by atoms with Crippen molar-refractivity contribution >= 4 is 10.8 Å². The molecule has 0 saturated carbocycles. The van der Waals surface area contributed by atoms with E-state index in [4.69, 9.17) is 5.73 Å². The molecule has 0 bridgehead atoms. The minimum absolute atomic E-state index is 0.362. The zero-order valence-electron chi connectivity index (χ0n) is 9.80. The Morgan fingerprint density at radius 3 is 2.33 bits per heavy atom. The first-order chi connectivity index (χ1) is 8.69. The molecule has 0 aliphatic heterocycles. The molecule has 0 amide bonds. The predicted octanol–water partition coefficient (Wildman–Crippen LogP) is 2.59. The summed E-state index contributed by atoms with van der Waals surface area (Å²) in [6.07, 6.45) is 0. The van der Waals surface area contributed by atoms with Gasteiger partial charge in [-0.15, -0.1) is 0 Å². The van der Waals surface area contributed by atoms with E-state index in [0.29, 0.717) is 17.2 Å². The van der Waals surface area contributed by atoms with Gasteiger partial charge in [0.15, 0.2) is 0 Å². The van der Waals surface area contributed by atoms with Gasteiger partial charge in [0.05, 0.1) is 16.6 Å². The van der Waals surface area contributed by atoms with Crippen molar-refractivity contribution in [2.75, 3.05) is 0 Å². The number of hydrogen-bond acceptors (Lipinski definition) is 2. The molecule has 1 unspecified atom stereocenters. The Kier molecular flexibility index (Phi) is 4.23. The van der Waals surface area contributed by atoms with Crippen LogP contribution in [-0.2, 0) is 23.1 Å². The highest BCUT2D eigenvalue weighted by Gasteiger charge is 2.06. The molecule has 0 aliphatic rings. The number of hydrogen-bond donors (Lipinski definition) is 1. The molecule has 0 spiro atoms. The lowest BCUT2D eigenvalue weighted by atomic mass is 10.1. The number of rotatable bonds is 4. The van der Waals surface area contributed by atoms with Gasteiger partial charge in [-0.25, -0.2) is 4.39 Å². The third kappa shape index (κ3) is 3.24. The zero-order chi connectivity index (χ0) is 13.0. The van der Waals surface area contributed by atoms with Gasteiger partial charge in [-0.2, -0.15) is 0 Å². The van der Waals surface area contributed by atoms with E-state index in [1.54, 1.807) is 12.1 Å². The monoisotopic (exact) mass is 263 g/mol. The molecule has 0 aliphatic carbocycles. The molecule has 0 heterocycles. The van der Waals surface area contributed by atoms with Crippen molar-refractivity contribution in [2.24, 2.45) is 5.73 Å². The van der Waals surface area contributed by atoms with Gasteiger partial charge in [-0.05, 0) is 29.3 Å². The lowest BCUT2D eigenvalue weighted by Crippen LogP contribution is -1.99. The molecule has 0 radical (unpaired) electrons. The highest BCUT2D eigenvalue weighted by Crippen LogP contribution is 2.14. The van der Waals surface area contributed by atoms with Crippen LogP contribution in [0.4, 0.5) is 4.39 Å². The summed E-state index contributed by atoms with van der Waals surface area (Å²) < 4.78 is 25.1. The SMILES string of the molecule is NCc1ccc(CS(=O)c2cccc(F)c2)cc1. The van der Waals surface area contributed by atoms with E-state index < -0.39 is 10.8 Å². The molecule has 0 fully saturated rings. The van der Waals surface area contributed by atoms with E-state index in [2.05, 4.69) is 0 Å². The van der Waals surface area contributed by atoms with E-state index in [1.165, 1.54) is 12.1 Å². The molecular weight excluding hydrogens is 249 g/mol. The highest BCUT2D eigenvalue weighted by atomic mass is 32.2. The van der Waals surface area contributed by atoms with Crippen LogP contribution in [0.2, 0.25) is 0 Å². The fourth-order valence-corrected chi connectivity index (χ4v) is 2.75. The minimum Gasteiger partial charge on any atom is -0.326 e. The summed E-state index contributed by atoms with van der Waals surface area (Å²) >= 11 is 0. The summed E-state index contributed by atoms with van der Waals surface area (Å²) in [5, 5.41) is 0. The fourth-order valence-electron chi connectivity index (χ4n) is 1.61. The van der Waals surface area contributed by atoms with Crippen LogP contribution < -0.4 is 5.73 Å². The molecule has 0 saturated heterocycles. The normalized spacial score (nSPS) is 12.3. The summed E-state index contributed by atoms with van der Waals surface area (Å²) in [7, 11) is -1.22. The standard InChI is InChI=1S/C14H14FNOS/c15-13-2-1-3-14(8-13)18(17)10-12-6-4-11(9-16)5-7-12/h1-8H,9-10,16H2. The zero-order valence-corrected chi connectivity index (χ0v) is 10.6. The smallest absolute Gasteiger partial charge is 0.124 e. The first kappa shape index (κ1) is 12.9. The van der Waals surface area contributed by atoms with Gasteiger partial charge in [0, 0.05) is 11.4 Å². The van der Waals surface area contributed by atoms with Gasteiger partial charge >= 0.3 is 0 Å². The second-order valence-electron chi connectivity index (χ2n) is 3.97. The van der Waals surface area contributed by atoms with Crippen molar-refractivity contribution in [1.29, 1.82) is 0 Å². The van der Waals surface area contributed by atoms with Crippen molar-refractivity contribution in [2.45, 2.75) is 17.2 Å². The third-order valence-electron chi connectivity index (χ3n) is 2.62. The van der Waals surface area contributed by atoms with Gasteiger partial charge in [-0.1, -0.05) is 30.3 Å². The Hall–Kier alpha value is -1.52. The van der Waals surface area contributed by atoms with E-state index in [1.807, 2.05) is 24.3 Å². The first-order valence-electron chi connectivity index (χ1n) is 5.61. The van der Waals surface area contributed by atoms with Crippen molar-refractivity contribution in [3.05, 3.63) is 65.5 Å². The van der Waals surface area contributed by atoms with Crippen LogP contribution >= 0.6 is 0 Å². The van der Waals surface area contributed by atoms with E-state index in [-0.39, 0.29) is 5.82 Å². The van der Waals surface area contributed by atoms with E-state index in [9.17, 15) is 8.60 Å². The van der Waals surface area contributed by atoms with Crippen molar-refractivity contribution in [3.63, 3.8) is 0 Å². The molecule has 4 heteroatoms. The number of nitrogens with two attached hydrogens (primary N) is 1. The Morgan fingerprint density at radius 1 is 1.06 bits per heavy atom. The van der Waals surface area contributed by atoms with E-state index in [0.717, 1.165) is 11.1 Å². The Morgan fingerprint density at radius 2 is 1.72 bits per heavy atom. The van der Waals surface area contributed by atoms with Crippen molar-refractivity contribution in [3.8, 4) is 0 Å². The first-order valence-corrected chi connectivity index (χ1v) is 6.93. The molecule has 2 N–H and O–H groups in total. The molecule has 94 valence electrons. The van der Waals surface area contributed by atoms with Crippen LogP contribution in [0.3, 0.4) is 0 Å². The largest absolute Gasteiger partial charge is 0.326 e. The lowest BCUT2D eigenvalue weighted by Gasteiger charge is -2.04. The highest BCUT2D eigenvalue weighted by molar-refractivity contribution is 7.84. The van der Waals surface area contributed by atoms with Gasteiger partial charge in [0.25, 0.3) is 0 Å². The molecule has 18 heavy (non-hydrogen) atoms. The summed E-state index contributed by atoms with van der Waals surface area (Å²) in [4.78, 5) is 0.512. The lowest BCUT2D eigenvalue weighted by molar-refractivity contribution is 0.622. The van der Waals surface area contributed by atoms with Gasteiger partial charge in [0.2, 0.25) is 0 Å². The molecule has 2 aromatic carbocycles. The molecular formula is C14H14FNOS. The summed E-state index contributed by atoms with van der Waals surface area (Å²) in [5.41, 5.74) is 7.50. The third-order valence-corrected chi connectivity index (χ3v) is 3.99. The average Bonchev–Trinajstić information content (AvgIpc) is 2.39. The molecule has 1 atom stereocenters. The number of benzene rings is 2. The molecule has 2 rings (SSSR count). The molecule has 2 aromatic rings.